The number of rotatable bonds is 18. The van der Waals surface area contributed by atoms with E-state index >= 15 is 0 Å². The second kappa shape index (κ2) is 17.3. The Balaban J connectivity index is 3.87. The highest BCUT2D eigenvalue weighted by Crippen LogP contribution is 2.15. The predicted molar refractivity (Wildman–Crippen MR) is 136 cm³/mol. The van der Waals surface area contributed by atoms with Crippen molar-refractivity contribution in [1.29, 1.82) is 0 Å². The lowest BCUT2D eigenvalue weighted by Crippen LogP contribution is -2.44. The fraction of sp³-hybridized carbons (Fsp3) is 0.852. The quantitative estimate of drug-likeness (QED) is 0.183. The van der Waals surface area contributed by atoms with Crippen LogP contribution in [0.4, 0.5) is 0 Å². The molecule has 2 N–H and O–H groups in total. The normalized spacial score (nSPS) is 12.6. The maximum absolute atomic E-state index is 12.3. The Morgan fingerprint density at radius 3 is 1.51 bits per heavy atom. The number of nitrogens with one attached hydrogen (secondary N) is 1. The third-order valence-electron chi connectivity index (χ3n) is 5.13. The number of carbonyl (C=O) groups excluding carboxylic acids is 3. The third kappa shape index (κ3) is 22.1. The van der Waals surface area contributed by atoms with Crippen molar-refractivity contribution in [2.45, 2.75) is 149 Å². The molecule has 0 heterocycles. The van der Waals surface area contributed by atoms with E-state index < -0.39 is 29.2 Å². The lowest BCUT2D eigenvalue weighted by atomic mass is 10.0. The molecule has 0 bridgehead atoms. The number of carboxylic acids is 1. The zero-order chi connectivity index (χ0) is 26.9. The number of ether oxygens (including phenoxy) is 2. The smallest absolute Gasteiger partial charge is 0.329 e. The summed E-state index contributed by atoms with van der Waals surface area (Å²) in [7, 11) is 0. The summed E-state index contributed by atoms with van der Waals surface area (Å²) in [6, 6.07) is -0.943. The number of carboxylic acid groups (broad SMARTS) is 1. The van der Waals surface area contributed by atoms with E-state index in [1.807, 2.05) is 20.8 Å². The molecule has 0 fully saturated rings. The predicted octanol–water partition coefficient (Wildman–Crippen LogP) is 5.70. The molecule has 1 atom stereocenters. The zero-order valence-corrected chi connectivity index (χ0v) is 22.9. The van der Waals surface area contributed by atoms with Crippen molar-refractivity contribution < 1.29 is 33.8 Å². The van der Waals surface area contributed by atoms with Gasteiger partial charge >= 0.3 is 17.9 Å². The summed E-state index contributed by atoms with van der Waals surface area (Å²) in [5, 5.41) is 11.5. The first kappa shape index (κ1) is 32.9. The summed E-state index contributed by atoms with van der Waals surface area (Å²) < 4.78 is 10.6. The molecule has 35 heavy (non-hydrogen) atoms. The van der Waals surface area contributed by atoms with Crippen LogP contribution >= 0.6 is 0 Å². The number of unbranched alkanes of at least 4 members (excludes halogenated alkanes) is 9. The molecule has 0 unspecified atom stereocenters. The first-order chi connectivity index (χ1) is 16.2. The minimum Gasteiger partial charge on any atom is -0.481 e. The van der Waals surface area contributed by atoms with Gasteiger partial charge in [-0.25, -0.2) is 4.79 Å². The van der Waals surface area contributed by atoms with Crippen LogP contribution in [0.25, 0.3) is 0 Å². The third-order valence-corrected chi connectivity index (χ3v) is 5.13. The number of hydrogen-bond donors (Lipinski definition) is 2. The molecule has 204 valence electrons. The van der Waals surface area contributed by atoms with Gasteiger partial charge in [-0.1, -0.05) is 51.4 Å². The summed E-state index contributed by atoms with van der Waals surface area (Å²) in [5.41, 5.74) is -1.12. The Bertz CT molecular complexity index is 647. The van der Waals surface area contributed by atoms with Gasteiger partial charge in [-0.15, -0.1) is 0 Å². The molecule has 0 aromatic heterocycles. The average Bonchev–Trinajstić information content (AvgIpc) is 2.69. The molecular weight excluding hydrogens is 450 g/mol. The van der Waals surface area contributed by atoms with Crippen LogP contribution in [0.5, 0.6) is 0 Å². The van der Waals surface area contributed by atoms with Gasteiger partial charge in [-0.3, -0.25) is 14.4 Å². The Hall–Kier alpha value is -2.12. The summed E-state index contributed by atoms with van der Waals surface area (Å²) >= 11 is 0. The van der Waals surface area contributed by atoms with Gasteiger partial charge in [-0.2, -0.15) is 0 Å². The number of aliphatic carboxylic acids is 1. The summed E-state index contributed by atoms with van der Waals surface area (Å²) in [6.45, 7) is 10.8. The fourth-order valence-corrected chi connectivity index (χ4v) is 3.52. The maximum atomic E-state index is 12.3. The molecule has 0 spiro atoms. The summed E-state index contributed by atoms with van der Waals surface area (Å²) in [4.78, 5) is 47.1. The van der Waals surface area contributed by atoms with E-state index in [9.17, 15) is 19.2 Å². The number of amides is 1. The SMILES string of the molecule is CC(C)(C)OC(=O)CCCCCCCCCCCCC(=O)N[C@@H](CCC(=O)O)C(=O)OC(C)(C)C. The van der Waals surface area contributed by atoms with Gasteiger partial charge in [0.15, 0.2) is 0 Å². The van der Waals surface area contributed by atoms with Crippen molar-refractivity contribution >= 4 is 23.8 Å². The van der Waals surface area contributed by atoms with Crippen LogP contribution < -0.4 is 5.32 Å². The van der Waals surface area contributed by atoms with Gasteiger partial charge < -0.3 is 19.9 Å². The van der Waals surface area contributed by atoms with Gasteiger partial charge in [0.25, 0.3) is 0 Å². The van der Waals surface area contributed by atoms with Crippen LogP contribution in [0.3, 0.4) is 0 Å². The van der Waals surface area contributed by atoms with Crippen LogP contribution in [-0.4, -0.2) is 46.2 Å². The van der Waals surface area contributed by atoms with Gasteiger partial charge in [0.05, 0.1) is 0 Å². The Morgan fingerprint density at radius 2 is 1.09 bits per heavy atom. The highest BCUT2D eigenvalue weighted by atomic mass is 16.6. The molecular formula is C27H49NO7. The molecule has 0 aliphatic heterocycles. The molecule has 0 radical (unpaired) electrons. The van der Waals surface area contributed by atoms with Crippen molar-refractivity contribution in [3.63, 3.8) is 0 Å². The van der Waals surface area contributed by atoms with Crippen LogP contribution in [0.2, 0.25) is 0 Å². The highest BCUT2D eigenvalue weighted by molar-refractivity contribution is 5.85. The van der Waals surface area contributed by atoms with Gasteiger partial charge in [0.1, 0.15) is 17.2 Å². The molecule has 0 aliphatic rings. The zero-order valence-electron chi connectivity index (χ0n) is 22.9. The number of hydrogen-bond acceptors (Lipinski definition) is 6. The molecule has 0 aromatic rings. The summed E-state index contributed by atoms with van der Waals surface area (Å²) in [5.74, 6) is -1.99. The van der Waals surface area contributed by atoms with Crippen LogP contribution in [0, 0.1) is 0 Å². The Labute approximate surface area is 211 Å². The van der Waals surface area contributed by atoms with E-state index in [0.29, 0.717) is 12.8 Å². The lowest BCUT2D eigenvalue weighted by molar-refractivity contribution is -0.159. The molecule has 1 amide bonds. The standard InChI is InChI=1S/C27H49NO7/c1-26(2,3)34-24(32)18-16-14-12-10-8-7-9-11-13-15-17-22(29)28-21(19-20-23(30)31)25(33)35-27(4,5)6/h21H,7-20H2,1-6H3,(H,28,29)(H,30,31)/t21-/m0/s1. The van der Waals surface area contributed by atoms with E-state index in [-0.39, 0.29) is 24.7 Å². The Kier molecular flexibility index (Phi) is 16.3. The van der Waals surface area contributed by atoms with Crippen LogP contribution in [0.1, 0.15) is 131 Å². The Morgan fingerprint density at radius 1 is 0.657 bits per heavy atom. The first-order valence-corrected chi connectivity index (χ1v) is 13.2. The van der Waals surface area contributed by atoms with Gasteiger partial charge in [-0.05, 0) is 60.8 Å². The highest BCUT2D eigenvalue weighted by Gasteiger charge is 2.27. The number of esters is 2. The minimum absolute atomic E-state index is 0.0109. The van der Waals surface area contributed by atoms with E-state index in [1.54, 1.807) is 20.8 Å². The summed E-state index contributed by atoms with van der Waals surface area (Å²) in [6.07, 6.45) is 11.0. The van der Waals surface area contributed by atoms with Crippen molar-refractivity contribution in [2.75, 3.05) is 0 Å². The van der Waals surface area contributed by atoms with E-state index in [0.717, 1.165) is 51.4 Å². The molecule has 0 aromatic carbocycles. The second-order valence-corrected chi connectivity index (χ2v) is 11.2. The molecule has 0 saturated carbocycles. The van der Waals surface area contributed by atoms with Crippen molar-refractivity contribution in [2.24, 2.45) is 0 Å². The maximum Gasteiger partial charge on any atom is 0.329 e. The molecule has 8 heteroatoms. The molecule has 0 aliphatic carbocycles. The van der Waals surface area contributed by atoms with Crippen molar-refractivity contribution in [1.82, 2.24) is 5.32 Å². The monoisotopic (exact) mass is 499 g/mol. The first-order valence-electron chi connectivity index (χ1n) is 13.2. The fourth-order valence-electron chi connectivity index (χ4n) is 3.52. The van der Waals surface area contributed by atoms with Crippen molar-refractivity contribution in [3.8, 4) is 0 Å². The van der Waals surface area contributed by atoms with Gasteiger partial charge in [0, 0.05) is 19.3 Å². The van der Waals surface area contributed by atoms with E-state index in [2.05, 4.69) is 5.32 Å². The molecule has 8 nitrogen and oxygen atoms in total. The van der Waals surface area contributed by atoms with Crippen molar-refractivity contribution in [3.05, 3.63) is 0 Å². The largest absolute Gasteiger partial charge is 0.481 e. The lowest BCUT2D eigenvalue weighted by Gasteiger charge is -2.24. The van der Waals surface area contributed by atoms with E-state index in [1.165, 1.54) is 12.8 Å². The molecule has 0 rings (SSSR count). The topological polar surface area (TPSA) is 119 Å². The van der Waals surface area contributed by atoms with E-state index in [4.69, 9.17) is 14.6 Å². The van der Waals surface area contributed by atoms with Gasteiger partial charge in [0.2, 0.25) is 5.91 Å². The molecule has 0 saturated heterocycles. The minimum atomic E-state index is -1.02. The van der Waals surface area contributed by atoms with Crippen LogP contribution in [-0.2, 0) is 28.7 Å². The average molecular weight is 500 g/mol. The second-order valence-electron chi connectivity index (χ2n) is 11.2. The van der Waals surface area contributed by atoms with Crippen LogP contribution in [0.15, 0.2) is 0 Å². The number of carbonyl (C=O) groups is 4.